The van der Waals surface area contributed by atoms with E-state index in [-0.39, 0.29) is 11.8 Å². The van der Waals surface area contributed by atoms with Crippen molar-refractivity contribution in [3.63, 3.8) is 0 Å². The molecular weight excluding hydrogens is 295 g/mol. The first-order valence-corrected chi connectivity index (χ1v) is 8.07. The van der Waals surface area contributed by atoms with Gasteiger partial charge in [0.05, 0.1) is 23.7 Å². The van der Waals surface area contributed by atoms with Gasteiger partial charge in [0.15, 0.2) is 0 Å². The zero-order valence-electron chi connectivity index (χ0n) is 11.8. The molecule has 114 valence electrons. The second-order valence-electron chi connectivity index (χ2n) is 4.74. The fourth-order valence-corrected chi connectivity index (χ4v) is 4.18. The molecule has 1 N–H and O–H groups in total. The molecule has 5 nitrogen and oxygen atoms in total. The number of halogens is 1. The van der Waals surface area contributed by atoms with Gasteiger partial charge >= 0.3 is 0 Å². The van der Waals surface area contributed by atoms with Gasteiger partial charge in [0.25, 0.3) is 0 Å². The maximum Gasteiger partial charge on any atom is 0.228 e. The molecule has 1 aromatic carbocycles. The van der Waals surface area contributed by atoms with Gasteiger partial charge < -0.3 is 9.67 Å². The summed E-state index contributed by atoms with van der Waals surface area (Å²) in [5.74, 6) is -0.412. The third-order valence-electron chi connectivity index (χ3n) is 3.45. The smallest absolute Gasteiger partial charge is 0.228 e. The monoisotopic (exact) mass is 312 g/mol. The minimum absolute atomic E-state index is 0.0947. The summed E-state index contributed by atoms with van der Waals surface area (Å²) in [6, 6.07) is 5.42. The van der Waals surface area contributed by atoms with Crippen LogP contribution in [0, 0.1) is 5.82 Å². The number of rotatable bonds is 5. The summed E-state index contributed by atoms with van der Waals surface area (Å²) in [7, 11) is -2.17. The molecule has 1 aromatic heterocycles. The molecule has 2 rings (SSSR count). The van der Waals surface area contributed by atoms with Crippen LogP contribution in [0.4, 0.5) is 4.39 Å². The van der Waals surface area contributed by atoms with Gasteiger partial charge in [-0.05, 0) is 24.1 Å². The van der Waals surface area contributed by atoms with Crippen molar-refractivity contribution in [3.8, 4) is 0 Å². The fourth-order valence-electron chi connectivity index (χ4n) is 2.28. The highest BCUT2D eigenvalue weighted by Gasteiger charge is 2.31. The molecule has 0 amide bonds. The third-order valence-corrected chi connectivity index (χ3v) is 5.69. The summed E-state index contributed by atoms with van der Waals surface area (Å²) in [5, 5.41) is 8.25. The number of aliphatic hydroxyl groups excluding tert-OH is 1. The average molecular weight is 312 g/mol. The molecular formula is C14H17FN2O3S. The summed E-state index contributed by atoms with van der Waals surface area (Å²) >= 11 is 0. The van der Waals surface area contributed by atoms with E-state index in [1.807, 2.05) is 0 Å². The molecule has 0 aliphatic carbocycles. The maximum atomic E-state index is 13.0. The lowest BCUT2D eigenvalue weighted by Crippen LogP contribution is -2.18. The first-order chi connectivity index (χ1) is 9.91. The van der Waals surface area contributed by atoms with Gasteiger partial charge in [0, 0.05) is 7.05 Å². The van der Waals surface area contributed by atoms with Gasteiger partial charge in [-0.15, -0.1) is 0 Å². The molecule has 1 heterocycles. The Labute approximate surface area is 123 Å². The second kappa shape index (κ2) is 5.95. The van der Waals surface area contributed by atoms with Crippen LogP contribution in [0.5, 0.6) is 0 Å². The topological polar surface area (TPSA) is 72.2 Å². The molecule has 0 radical (unpaired) electrons. The van der Waals surface area contributed by atoms with Gasteiger partial charge in [-0.3, -0.25) is 0 Å². The van der Waals surface area contributed by atoms with Gasteiger partial charge in [-0.25, -0.2) is 17.8 Å². The SMILES string of the molecule is CCC(c1ccc(F)cc1)S(=O)(=O)c1ncc(CO)n1C. The van der Waals surface area contributed by atoms with E-state index in [1.165, 1.54) is 35.0 Å². The van der Waals surface area contributed by atoms with Gasteiger partial charge in [-0.1, -0.05) is 19.1 Å². The van der Waals surface area contributed by atoms with Crippen LogP contribution >= 0.6 is 0 Å². The van der Waals surface area contributed by atoms with Gasteiger partial charge in [0.1, 0.15) is 5.82 Å². The Bertz CT molecular complexity index is 723. The molecule has 0 bridgehead atoms. The van der Waals surface area contributed by atoms with Gasteiger partial charge in [0.2, 0.25) is 15.0 Å². The van der Waals surface area contributed by atoms with Crippen LogP contribution in [0.3, 0.4) is 0 Å². The highest BCUT2D eigenvalue weighted by Crippen LogP contribution is 2.31. The third kappa shape index (κ3) is 2.84. The summed E-state index contributed by atoms with van der Waals surface area (Å²) in [4.78, 5) is 3.91. The molecule has 2 aromatic rings. The molecule has 0 aliphatic rings. The molecule has 0 fully saturated rings. The van der Waals surface area contributed by atoms with E-state index < -0.39 is 20.9 Å². The standard InChI is InChI=1S/C14H17FN2O3S/c1-3-13(10-4-6-11(15)7-5-10)21(19,20)14-16-8-12(9-18)17(14)2/h4-8,13,18H,3,9H2,1-2H3. The Morgan fingerprint density at radius 2 is 1.95 bits per heavy atom. The first kappa shape index (κ1) is 15.7. The fraction of sp³-hybridized carbons (Fsp3) is 0.357. The number of aromatic nitrogens is 2. The summed E-state index contributed by atoms with van der Waals surface area (Å²) < 4.78 is 39.8. The van der Waals surface area contributed by atoms with Gasteiger partial charge in [-0.2, -0.15) is 0 Å². The van der Waals surface area contributed by atoms with Crippen molar-refractivity contribution in [1.29, 1.82) is 0 Å². The minimum atomic E-state index is -3.72. The van der Waals surface area contributed by atoms with Crippen LogP contribution in [-0.2, 0) is 23.5 Å². The van der Waals surface area contributed by atoms with E-state index in [2.05, 4.69) is 4.98 Å². The number of nitrogens with zero attached hydrogens (tertiary/aromatic N) is 2. The Morgan fingerprint density at radius 3 is 2.43 bits per heavy atom. The van der Waals surface area contributed by atoms with Crippen molar-refractivity contribution in [2.24, 2.45) is 7.05 Å². The number of aliphatic hydroxyl groups is 1. The maximum absolute atomic E-state index is 13.0. The van der Waals surface area contributed by atoms with Crippen molar-refractivity contribution in [3.05, 3.63) is 47.5 Å². The predicted molar refractivity (Wildman–Crippen MR) is 75.7 cm³/mol. The van der Waals surface area contributed by atoms with E-state index in [1.54, 1.807) is 14.0 Å². The van der Waals surface area contributed by atoms with Crippen LogP contribution in [0.2, 0.25) is 0 Å². The normalized spacial score (nSPS) is 13.3. The van der Waals surface area contributed by atoms with E-state index in [0.717, 1.165) is 0 Å². The molecule has 0 spiro atoms. The summed E-state index contributed by atoms with van der Waals surface area (Å²) in [5.41, 5.74) is 0.940. The first-order valence-electron chi connectivity index (χ1n) is 6.52. The van der Waals surface area contributed by atoms with E-state index in [4.69, 9.17) is 5.11 Å². The van der Waals surface area contributed by atoms with Crippen LogP contribution in [0.15, 0.2) is 35.6 Å². The van der Waals surface area contributed by atoms with Crippen LogP contribution < -0.4 is 0 Å². The van der Waals surface area contributed by atoms with Crippen molar-refractivity contribution in [1.82, 2.24) is 9.55 Å². The minimum Gasteiger partial charge on any atom is -0.390 e. The molecule has 1 unspecified atom stereocenters. The van der Waals surface area contributed by atoms with Crippen LogP contribution in [0.1, 0.15) is 29.9 Å². The Hall–Kier alpha value is -1.73. The van der Waals surface area contributed by atoms with Crippen molar-refractivity contribution in [2.45, 2.75) is 30.4 Å². The summed E-state index contributed by atoms with van der Waals surface area (Å²) in [6.45, 7) is 1.47. The lowest BCUT2D eigenvalue weighted by molar-refractivity contribution is 0.271. The van der Waals surface area contributed by atoms with E-state index in [9.17, 15) is 12.8 Å². The highest BCUT2D eigenvalue weighted by molar-refractivity contribution is 7.91. The number of imidazole rings is 1. The predicted octanol–water partition coefficient (Wildman–Crippen LogP) is 1.98. The zero-order chi connectivity index (χ0) is 15.6. The molecule has 1 atom stereocenters. The molecule has 21 heavy (non-hydrogen) atoms. The van der Waals surface area contributed by atoms with Crippen molar-refractivity contribution in [2.75, 3.05) is 0 Å². The number of hydrogen-bond donors (Lipinski definition) is 1. The lowest BCUT2D eigenvalue weighted by atomic mass is 10.1. The molecule has 0 saturated heterocycles. The molecule has 0 saturated carbocycles. The number of sulfone groups is 1. The molecule has 7 heteroatoms. The Balaban J connectivity index is 2.49. The van der Waals surface area contributed by atoms with Crippen molar-refractivity contribution >= 4 is 9.84 Å². The zero-order valence-corrected chi connectivity index (χ0v) is 12.6. The lowest BCUT2D eigenvalue weighted by Gasteiger charge is -2.16. The van der Waals surface area contributed by atoms with Crippen LogP contribution in [-0.4, -0.2) is 23.1 Å². The highest BCUT2D eigenvalue weighted by atomic mass is 32.2. The van der Waals surface area contributed by atoms with E-state index in [0.29, 0.717) is 17.7 Å². The number of benzene rings is 1. The number of hydrogen-bond acceptors (Lipinski definition) is 4. The quantitative estimate of drug-likeness (QED) is 0.916. The van der Waals surface area contributed by atoms with Crippen molar-refractivity contribution < 1.29 is 17.9 Å². The Kier molecular flexibility index (Phi) is 4.43. The largest absolute Gasteiger partial charge is 0.390 e. The Morgan fingerprint density at radius 1 is 1.33 bits per heavy atom. The molecule has 0 aliphatic heterocycles. The average Bonchev–Trinajstić information content (AvgIpc) is 2.83. The summed E-state index contributed by atoms with van der Waals surface area (Å²) in [6.07, 6.45) is 1.68. The van der Waals surface area contributed by atoms with E-state index >= 15 is 0 Å². The second-order valence-corrected chi connectivity index (χ2v) is 6.77. The van der Waals surface area contributed by atoms with Crippen LogP contribution in [0.25, 0.3) is 0 Å².